The summed E-state index contributed by atoms with van der Waals surface area (Å²) < 4.78 is 0. The largest absolute Gasteiger partial charge is 0.294 e. The van der Waals surface area contributed by atoms with Crippen LogP contribution in [0.2, 0.25) is 0 Å². The average Bonchev–Trinajstić information content (AvgIpc) is 3.16. The third kappa shape index (κ3) is 5.46. The molecule has 0 atom stereocenters. The molecule has 32 heavy (non-hydrogen) atoms. The molecular formula is C30H38OS. The number of carbonyl (C=O) groups is 1. The highest BCUT2D eigenvalue weighted by atomic mass is 32.2. The fourth-order valence-corrected chi connectivity index (χ4v) is 5.67. The molecule has 170 valence electrons. The van der Waals surface area contributed by atoms with E-state index in [1.165, 1.54) is 64.0 Å². The normalized spacial score (nSPS) is 13.7. The van der Waals surface area contributed by atoms with E-state index in [2.05, 4.69) is 77.6 Å². The smallest absolute Gasteiger partial charge is 0.163 e. The SMILES string of the molecule is C=C(C)S/C(=C\C)c1ccc(C)c(-c2c(CCCC(CC)CC)ccc3c2CCC3=O)c1. The van der Waals surface area contributed by atoms with Gasteiger partial charge in [0.05, 0.1) is 0 Å². The van der Waals surface area contributed by atoms with Gasteiger partial charge in [-0.3, -0.25) is 4.79 Å². The van der Waals surface area contributed by atoms with Crippen LogP contribution in [0.1, 0.15) is 92.4 Å². The first kappa shape index (κ1) is 24.6. The number of carbonyl (C=O) groups excluding carboxylic acids is 1. The van der Waals surface area contributed by atoms with Gasteiger partial charge in [-0.2, -0.15) is 0 Å². The summed E-state index contributed by atoms with van der Waals surface area (Å²) >= 11 is 1.73. The van der Waals surface area contributed by atoms with Gasteiger partial charge in [0.25, 0.3) is 0 Å². The molecule has 0 unspecified atom stereocenters. The Hall–Kier alpha value is -2.06. The standard InChI is InChI=1S/C30H38OS/c1-7-22(8-2)11-10-12-23-15-16-25-26(17-18-28(25)31)30(23)27-19-24(14-13-21(27)6)29(9-3)32-20(4)5/h9,13-16,19,22H,4,7-8,10-12,17-18H2,1-3,5-6H3/b29-9-. The number of allylic oxidation sites excluding steroid dienone is 2. The lowest BCUT2D eigenvalue weighted by Gasteiger charge is -2.19. The van der Waals surface area contributed by atoms with Crippen LogP contribution >= 0.6 is 11.8 Å². The van der Waals surface area contributed by atoms with Gasteiger partial charge in [-0.05, 0) is 90.3 Å². The molecule has 2 aromatic carbocycles. The van der Waals surface area contributed by atoms with Crippen LogP contribution in [0.15, 0.2) is 47.9 Å². The number of fused-ring (bicyclic) bond motifs is 1. The van der Waals surface area contributed by atoms with Crippen molar-refractivity contribution in [3.8, 4) is 11.1 Å². The summed E-state index contributed by atoms with van der Waals surface area (Å²) in [5, 5.41) is 0. The maximum atomic E-state index is 12.5. The Morgan fingerprint density at radius 3 is 2.53 bits per heavy atom. The van der Waals surface area contributed by atoms with Gasteiger partial charge < -0.3 is 0 Å². The molecule has 1 aliphatic carbocycles. The highest BCUT2D eigenvalue weighted by Gasteiger charge is 2.25. The van der Waals surface area contributed by atoms with Gasteiger partial charge in [-0.1, -0.05) is 81.8 Å². The number of aryl methyl sites for hydroxylation is 2. The van der Waals surface area contributed by atoms with Crippen molar-refractivity contribution >= 4 is 22.5 Å². The number of thioether (sulfide) groups is 1. The lowest BCUT2D eigenvalue weighted by atomic mass is 9.86. The number of ketones is 1. The van der Waals surface area contributed by atoms with Crippen LogP contribution < -0.4 is 0 Å². The molecule has 0 bridgehead atoms. The van der Waals surface area contributed by atoms with Gasteiger partial charge >= 0.3 is 0 Å². The summed E-state index contributed by atoms with van der Waals surface area (Å²) in [5.74, 6) is 1.11. The molecule has 2 heteroatoms. The lowest BCUT2D eigenvalue weighted by Crippen LogP contribution is -2.02. The molecule has 0 saturated carbocycles. The minimum Gasteiger partial charge on any atom is -0.294 e. The molecule has 0 aliphatic heterocycles. The molecule has 1 nitrogen and oxygen atoms in total. The maximum absolute atomic E-state index is 12.5. The van der Waals surface area contributed by atoms with Gasteiger partial charge in [0.2, 0.25) is 0 Å². The summed E-state index contributed by atoms with van der Waals surface area (Å²) in [5.41, 5.74) is 8.73. The van der Waals surface area contributed by atoms with Crippen LogP contribution in [-0.4, -0.2) is 5.78 Å². The van der Waals surface area contributed by atoms with Gasteiger partial charge in [-0.25, -0.2) is 0 Å². The van der Waals surface area contributed by atoms with Crippen molar-refractivity contribution < 1.29 is 4.79 Å². The summed E-state index contributed by atoms with van der Waals surface area (Å²) in [4.78, 5) is 14.9. The first-order valence-corrected chi connectivity index (χ1v) is 13.0. The highest BCUT2D eigenvalue weighted by Crippen LogP contribution is 2.40. The van der Waals surface area contributed by atoms with E-state index in [1.54, 1.807) is 11.8 Å². The molecule has 0 heterocycles. The van der Waals surface area contributed by atoms with Crippen molar-refractivity contribution in [2.75, 3.05) is 0 Å². The second-order valence-corrected chi connectivity index (χ2v) is 10.5. The zero-order valence-electron chi connectivity index (χ0n) is 20.5. The predicted molar refractivity (Wildman–Crippen MR) is 142 cm³/mol. The van der Waals surface area contributed by atoms with Crippen LogP contribution in [0.5, 0.6) is 0 Å². The number of benzene rings is 2. The first-order valence-electron chi connectivity index (χ1n) is 12.2. The molecule has 2 aromatic rings. The van der Waals surface area contributed by atoms with Crippen LogP contribution in [0.4, 0.5) is 0 Å². The fourth-order valence-electron chi connectivity index (χ4n) is 4.93. The van der Waals surface area contributed by atoms with E-state index in [1.807, 2.05) is 0 Å². The van der Waals surface area contributed by atoms with E-state index < -0.39 is 0 Å². The molecule has 0 N–H and O–H groups in total. The Morgan fingerprint density at radius 2 is 1.88 bits per heavy atom. The molecule has 0 fully saturated rings. The van der Waals surface area contributed by atoms with E-state index in [9.17, 15) is 4.79 Å². The summed E-state index contributed by atoms with van der Waals surface area (Å²) in [6, 6.07) is 11.1. The average molecular weight is 447 g/mol. The number of Topliss-reactive ketones (excluding diaryl/α,β-unsaturated/α-hetero) is 1. The summed E-state index contributed by atoms with van der Waals surface area (Å²) in [7, 11) is 0. The summed E-state index contributed by atoms with van der Waals surface area (Å²) in [6.45, 7) is 15.0. The van der Waals surface area contributed by atoms with E-state index in [-0.39, 0.29) is 0 Å². The van der Waals surface area contributed by atoms with Gasteiger partial charge in [0.1, 0.15) is 0 Å². The molecule has 1 aliphatic rings. The van der Waals surface area contributed by atoms with Crippen molar-refractivity contribution in [2.24, 2.45) is 5.92 Å². The Balaban J connectivity index is 2.06. The van der Waals surface area contributed by atoms with E-state index in [0.717, 1.165) is 29.2 Å². The van der Waals surface area contributed by atoms with Crippen molar-refractivity contribution in [2.45, 2.75) is 79.6 Å². The van der Waals surface area contributed by atoms with E-state index >= 15 is 0 Å². The monoisotopic (exact) mass is 446 g/mol. The summed E-state index contributed by atoms with van der Waals surface area (Å²) in [6.07, 6.45) is 9.76. The van der Waals surface area contributed by atoms with Gasteiger partial charge in [-0.15, -0.1) is 0 Å². The second kappa shape index (κ2) is 11.2. The molecule has 0 radical (unpaired) electrons. The minimum absolute atomic E-state index is 0.297. The number of hydrogen-bond acceptors (Lipinski definition) is 2. The van der Waals surface area contributed by atoms with Crippen molar-refractivity contribution in [1.82, 2.24) is 0 Å². The predicted octanol–water partition coefficient (Wildman–Crippen LogP) is 9.18. The number of hydrogen-bond donors (Lipinski definition) is 0. The van der Waals surface area contributed by atoms with E-state index in [0.29, 0.717) is 12.2 Å². The van der Waals surface area contributed by atoms with Crippen molar-refractivity contribution in [3.05, 3.63) is 75.7 Å². The van der Waals surface area contributed by atoms with Crippen LogP contribution in [0.25, 0.3) is 16.0 Å². The second-order valence-electron chi connectivity index (χ2n) is 9.11. The third-order valence-corrected chi connectivity index (χ3v) is 7.89. The molecule has 0 amide bonds. The molecule has 3 rings (SSSR count). The van der Waals surface area contributed by atoms with Crippen LogP contribution in [0, 0.1) is 12.8 Å². The quantitative estimate of drug-likeness (QED) is 0.362. The molecule has 0 aromatic heterocycles. The Labute approximate surface area is 199 Å². The van der Waals surface area contributed by atoms with Crippen molar-refractivity contribution in [3.63, 3.8) is 0 Å². The zero-order valence-corrected chi connectivity index (χ0v) is 21.3. The molecule has 0 spiro atoms. The molecular weight excluding hydrogens is 408 g/mol. The Morgan fingerprint density at radius 1 is 1.12 bits per heavy atom. The fraction of sp³-hybridized carbons (Fsp3) is 0.433. The lowest BCUT2D eigenvalue weighted by molar-refractivity contribution is 0.0994. The Kier molecular flexibility index (Phi) is 8.59. The highest BCUT2D eigenvalue weighted by molar-refractivity contribution is 8.11. The Bertz CT molecular complexity index is 1020. The first-order chi connectivity index (χ1) is 15.4. The van der Waals surface area contributed by atoms with E-state index in [4.69, 9.17) is 0 Å². The van der Waals surface area contributed by atoms with Crippen LogP contribution in [0.3, 0.4) is 0 Å². The molecule has 0 saturated heterocycles. The van der Waals surface area contributed by atoms with Crippen LogP contribution in [-0.2, 0) is 12.8 Å². The van der Waals surface area contributed by atoms with Gasteiger partial charge in [0, 0.05) is 16.9 Å². The van der Waals surface area contributed by atoms with Crippen molar-refractivity contribution in [1.29, 1.82) is 0 Å². The third-order valence-electron chi connectivity index (χ3n) is 6.85. The zero-order chi connectivity index (χ0) is 23.3. The topological polar surface area (TPSA) is 17.1 Å². The minimum atomic E-state index is 0.297. The number of rotatable bonds is 10. The maximum Gasteiger partial charge on any atom is 0.163 e. The van der Waals surface area contributed by atoms with Gasteiger partial charge in [0.15, 0.2) is 5.78 Å².